The molecular formula is C19H27N5S. The van der Waals surface area contributed by atoms with Crippen LogP contribution in [0.5, 0.6) is 0 Å². The lowest BCUT2D eigenvalue weighted by molar-refractivity contribution is 0.250. The number of hydrogen-bond donors (Lipinski definition) is 0. The number of nitrogens with zero attached hydrogens (tertiary/aromatic N) is 5. The molecule has 5 nitrogen and oxygen atoms in total. The molecule has 0 bridgehead atoms. The van der Waals surface area contributed by atoms with Crippen molar-refractivity contribution in [2.24, 2.45) is 0 Å². The molecule has 1 saturated carbocycles. The third-order valence-corrected chi connectivity index (χ3v) is 6.42. The van der Waals surface area contributed by atoms with E-state index in [1.807, 2.05) is 11.3 Å². The van der Waals surface area contributed by atoms with E-state index >= 15 is 0 Å². The molecule has 1 aliphatic heterocycles. The first-order chi connectivity index (χ1) is 12.0. The van der Waals surface area contributed by atoms with Crippen molar-refractivity contribution >= 4 is 17.2 Å². The fraction of sp³-hybridized carbons (Fsp3) is 0.632. The van der Waals surface area contributed by atoms with Crippen LogP contribution >= 0.6 is 11.3 Å². The molecule has 2 fully saturated rings. The molecule has 0 amide bonds. The highest BCUT2D eigenvalue weighted by molar-refractivity contribution is 7.11. The summed E-state index contributed by atoms with van der Waals surface area (Å²) in [5.74, 6) is 2.84. The summed E-state index contributed by atoms with van der Waals surface area (Å²) in [6.45, 7) is 13.8. The van der Waals surface area contributed by atoms with Gasteiger partial charge in [-0.25, -0.2) is 15.0 Å². The SMILES string of the molecule is Cc1nc(C)c(CN2CCN(c3nc(C4CC4)nc(C)c3C)CC2)s1. The average Bonchev–Trinajstić information content (AvgIpc) is 3.37. The van der Waals surface area contributed by atoms with Crippen LogP contribution in [0.15, 0.2) is 0 Å². The third-order valence-electron chi connectivity index (χ3n) is 5.36. The minimum atomic E-state index is 0.608. The molecule has 0 spiro atoms. The van der Waals surface area contributed by atoms with E-state index in [4.69, 9.17) is 9.97 Å². The van der Waals surface area contributed by atoms with Crippen LogP contribution in [0, 0.1) is 27.7 Å². The smallest absolute Gasteiger partial charge is 0.135 e. The van der Waals surface area contributed by atoms with Crippen LogP contribution in [-0.4, -0.2) is 46.0 Å². The summed E-state index contributed by atoms with van der Waals surface area (Å²) < 4.78 is 0. The Kier molecular flexibility index (Phi) is 4.50. The number of aryl methyl sites for hydroxylation is 3. The van der Waals surface area contributed by atoms with Crippen molar-refractivity contribution < 1.29 is 0 Å². The Balaban J connectivity index is 1.44. The van der Waals surface area contributed by atoms with Crippen LogP contribution in [0.4, 0.5) is 5.82 Å². The minimum Gasteiger partial charge on any atom is -0.354 e. The van der Waals surface area contributed by atoms with E-state index in [9.17, 15) is 0 Å². The molecule has 134 valence electrons. The lowest BCUT2D eigenvalue weighted by Crippen LogP contribution is -2.46. The molecule has 0 radical (unpaired) electrons. The molecule has 2 aromatic heterocycles. The number of hydrogen-bond acceptors (Lipinski definition) is 6. The standard InChI is InChI=1S/C19H27N5S/c1-12-13(2)21-18(16-5-6-16)22-19(12)24-9-7-23(8-10-24)11-17-14(3)20-15(4)25-17/h16H,5-11H2,1-4H3. The maximum absolute atomic E-state index is 4.93. The highest BCUT2D eigenvalue weighted by Gasteiger charge is 2.29. The highest BCUT2D eigenvalue weighted by atomic mass is 32.1. The lowest BCUT2D eigenvalue weighted by atomic mass is 10.2. The first-order valence-corrected chi connectivity index (χ1v) is 10.1. The second-order valence-corrected chi connectivity index (χ2v) is 8.68. The summed E-state index contributed by atoms with van der Waals surface area (Å²) in [5, 5.41) is 1.17. The van der Waals surface area contributed by atoms with Crippen molar-refractivity contribution in [3.63, 3.8) is 0 Å². The monoisotopic (exact) mass is 357 g/mol. The molecule has 2 aliphatic rings. The summed E-state index contributed by atoms with van der Waals surface area (Å²) in [7, 11) is 0. The second kappa shape index (κ2) is 6.65. The molecule has 0 N–H and O–H groups in total. The Morgan fingerprint density at radius 2 is 1.64 bits per heavy atom. The van der Waals surface area contributed by atoms with Crippen LogP contribution in [0.25, 0.3) is 0 Å². The van der Waals surface area contributed by atoms with E-state index in [-0.39, 0.29) is 0 Å². The number of aromatic nitrogens is 3. The Hall–Kier alpha value is -1.53. The van der Waals surface area contributed by atoms with Crippen LogP contribution in [-0.2, 0) is 6.54 Å². The van der Waals surface area contributed by atoms with Crippen molar-refractivity contribution in [1.29, 1.82) is 0 Å². The van der Waals surface area contributed by atoms with Crippen LogP contribution in [0.3, 0.4) is 0 Å². The zero-order valence-corrected chi connectivity index (χ0v) is 16.5. The van der Waals surface area contributed by atoms with Crippen molar-refractivity contribution in [3.05, 3.63) is 32.7 Å². The predicted octanol–water partition coefficient (Wildman–Crippen LogP) is 3.37. The molecule has 1 aliphatic carbocycles. The van der Waals surface area contributed by atoms with Crippen LogP contribution in [0.1, 0.15) is 51.4 Å². The summed E-state index contributed by atoms with van der Waals surface area (Å²) >= 11 is 1.83. The van der Waals surface area contributed by atoms with Gasteiger partial charge in [-0.1, -0.05) is 0 Å². The lowest BCUT2D eigenvalue weighted by Gasteiger charge is -2.36. The molecule has 6 heteroatoms. The molecule has 0 aromatic carbocycles. The van der Waals surface area contributed by atoms with Gasteiger partial charge in [-0.3, -0.25) is 4.90 Å². The van der Waals surface area contributed by atoms with Gasteiger partial charge in [0.2, 0.25) is 0 Å². The molecule has 3 heterocycles. The van der Waals surface area contributed by atoms with E-state index in [1.165, 1.54) is 39.8 Å². The van der Waals surface area contributed by atoms with E-state index in [1.54, 1.807) is 0 Å². The fourth-order valence-corrected chi connectivity index (χ4v) is 4.49. The molecule has 1 saturated heterocycles. The zero-order chi connectivity index (χ0) is 17.6. The molecule has 4 rings (SSSR count). The normalized spacial score (nSPS) is 18.8. The van der Waals surface area contributed by atoms with Gasteiger partial charge in [-0.2, -0.15) is 0 Å². The van der Waals surface area contributed by atoms with Crippen molar-refractivity contribution in [1.82, 2.24) is 19.9 Å². The van der Waals surface area contributed by atoms with Gasteiger partial charge in [0.1, 0.15) is 11.6 Å². The van der Waals surface area contributed by atoms with E-state index < -0.39 is 0 Å². The summed E-state index contributed by atoms with van der Waals surface area (Å²) in [4.78, 5) is 20.6. The highest BCUT2D eigenvalue weighted by Crippen LogP contribution is 2.39. The predicted molar refractivity (Wildman–Crippen MR) is 103 cm³/mol. The van der Waals surface area contributed by atoms with Gasteiger partial charge in [0.25, 0.3) is 0 Å². The molecule has 0 unspecified atom stereocenters. The van der Waals surface area contributed by atoms with Gasteiger partial charge in [0.15, 0.2) is 0 Å². The third kappa shape index (κ3) is 3.55. The Morgan fingerprint density at radius 3 is 2.24 bits per heavy atom. The van der Waals surface area contributed by atoms with Crippen molar-refractivity contribution in [2.45, 2.75) is 53.0 Å². The number of piperazine rings is 1. The maximum atomic E-state index is 4.93. The van der Waals surface area contributed by atoms with Gasteiger partial charge in [-0.15, -0.1) is 11.3 Å². The van der Waals surface area contributed by atoms with Gasteiger partial charge < -0.3 is 4.90 Å². The Bertz CT molecular complexity index is 772. The first-order valence-electron chi connectivity index (χ1n) is 9.26. The Labute approximate surface area is 154 Å². The average molecular weight is 358 g/mol. The van der Waals surface area contributed by atoms with Crippen LogP contribution < -0.4 is 4.90 Å². The van der Waals surface area contributed by atoms with E-state index in [0.717, 1.165) is 44.2 Å². The number of rotatable bonds is 4. The maximum Gasteiger partial charge on any atom is 0.135 e. The van der Waals surface area contributed by atoms with Gasteiger partial charge >= 0.3 is 0 Å². The topological polar surface area (TPSA) is 45.2 Å². The molecular weight excluding hydrogens is 330 g/mol. The molecule has 25 heavy (non-hydrogen) atoms. The minimum absolute atomic E-state index is 0.608. The quantitative estimate of drug-likeness (QED) is 0.839. The van der Waals surface area contributed by atoms with Gasteiger partial charge in [0, 0.05) is 54.8 Å². The molecule has 0 atom stereocenters. The second-order valence-electron chi connectivity index (χ2n) is 7.39. The number of thiazole rings is 1. The summed E-state index contributed by atoms with van der Waals surface area (Å²) in [6.07, 6.45) is 2.51. The summed E-state index contributed by atoms with van der Waals surface area (Å²) in [6, 6.07) is 0. The largest absolute Gasteiger partial charge is 0.354 e. The van der Waals surface area contributed by atoms with Crippen LogP contribution in [0.2, 0.25) is 0 Å². The molecule has 2 aromatic rings. The zero-order valence-electron chi connectivity index (χ0n) is 15.7. The first kappa shape index (κ1) is 16.9. The van der Waals surface area contributed by atoms with E-state index in [0.29, 0.717) is 5.92 Å². The number of anilines is 1. The fourth-order valence-electron chi connectivity index (χ4n) is 3.51. The van der Waals surface area contributed by atoms with Crippen molar-refractivity contribution in [2.75, 3.05) is 31.1 Å². The van der Waals surface area contributed by atoms with Gasteiger partial charge in [-0.05, 0) is 40.5 Å². The Morgan fingerprint density at radius 1 is 0.920 bits per heavy atom. The van der Waals surface area contributed by atoms with Crippen molar-refractivity contribution in [3.8, 4) is 0 Å². The van der Waals surface area contributed by atoms with Gasteiger partial charge in [0.05, 0.1) is 10.7 Å². The summed E-state index contributed by atoms with van der Waals surface area (Å²) in [5.41, 5.74) is 3.58. The van der Waals surface area contributed by atoms with E-state index in [2.05, 4.69) is 42.5 Å².